The van der Waals surface area contributed by atoms with Gasteiger partial charge in [-0.3, -0.25) is 4.79 Å². The Bertz CT molecular complexity index is 433. The maximum atomic E-state index is 12.0. The SMILES string of the molecule is CC(C)C(=O)N1CCCN(c2ccc(Br)cn2)CC1. The normalized spacial score (nSPS) is 16.6. The first kappa shape index (κ1) is 14.3. The van der Waals surface area contributed by atoms with Gasteiger partial charge in [-0.05, 0) is 34.5 Å². The van der Waals surface area contributed by atoms with Gasteiger partial charge in [-0.1, -0.05) is 13.8 Å². The van der Waals surface area contributed by atoms with Crippen LogP contribution in [0.2, 0.25) is 0 Å². The second-order valence-electron chi connectivity index (χ2n) is 5.16. The lowest BCUT2D eigenvalue weighted by Crippen LogP contribution is -2.37. The highest BCUT2D eigenvalue weighted by Gasteiger charge is 2.21. The van der Waals surface area contributed by atoms with Gasteiger partial charge in [0.25, 0.3) is 0 Å². The van der Waals surface area contributed by atoms with Crippen molar-refractivity contribution in [1.82, 2.24) is 9.88 Å². The van der Waals surface area contributed by atoms with Crippen molar-refractivity contribution in [3.05, 3.63) is 22.8 Å². The zero-order valence-electron chi connectivity index (χ0n) is 11.5. The summed E-state index contributed by atoms with van der Waals surface area (Å²) in [7, 11) is 0. The molecular formula is C14H20BrN3O. The number of rotatable bonds is 2. The molecule has 2 heterocycles. The smallest absolute Gasteiger partial charge is 0.225 e. The molecule has 0 spiro atoms. The number of carbonyl (C=O) groups excluding carboxylic acids is 1. The Morgan fingerprint density at radius 3 is 2.68 bits per heavy atom. The molecule has 5 heteroatoms. The molecule has 2 rings (SSSR count). The summed E-state index contributed by atoms with van der Waals surface area (Å²) >= 11 is 3.40. The van der Waals surface area contributed by atoms with Crippen molar-refractivity contribution in [2.24, 2.45) is 5.92 Å². The van der Waals surface area contributed by atoms with Crippen molar-refractivity contribution in [3.8, 4) is 0 Å². The van der Waals surface area contributed by atoms with Gasteiger partial charge in [-0.2, -0.15) is 0 Å². The fourth-order valence-corrected chi connectivity index (χ4v) is 2.52. The van der Waals surface area contributed by atoms with E-state index in [-0.39, 0.29) is 11.8 Å². The second kappa shape index (κ2) is 6.37. The van der Waals surface area contributed by atoms with Crippen LogP contribution in [0.25, 0.3) is 0 Å². The Hall–Kier alpha value is -1.10. The highest BCUT2D eigenvalue weighted by Crippen LogP contribution is 2.17. The van der Waals surface area contributed by atoms with E-state index in [2.05, 4.69) is 25.8 Å². The number of anilines is 1. The van der Waals surface area contributed by atoms with Crippen LogP contribution in [0.5, 0.6) is 0 Å². The lowest BCUT2D eigenvalue weighted by molar-refractivity contribution is -0.134. The van der Waals surface area contributed by atoms with Crippen LogP contribution in [0, 0.1) is 5.92 Å². The Balaban J connectivity index is 2.00. The van der Waals surface area contributed by atoms with Crippen LogP contribution < -0.4 is 4.90 Å². The summed E-state index contributed by atoms with van der Waals surface area (Å²) in [4.78, 5) is 20.7. The van der Waals surface area contributed by atoms with Gasteiger partial charge >= 0.3 is 0 Å². The summed E-state index contributed by atoms with van der Waals surface area (Å²) in [6, 6.07) is 4.02. The van der Waals surface area contributed by atoms with Crippen LogP contribution in [-0.2, 0) is 4.79 Å². The lowest BCUT2D eigenvalue weighted by Gasteiger charge is -2.24. The molecule has 104 valence electrons. The van der Waals surface area contributed by atoms with E-state index in [0.717, 1.165) is 42.9 Å². The first-order valence-corrected chi connectivity index (χ1v) is 7.52. The molecule has 1 aromatic heterocycles. The number of pyridine rings is 1. The topological polar surface area (TPSA) is 36.4 Å². The molecule has 0 saturated carbocycles. The standard InChI is InChI=1S/C14H20BrN3O/c1-11(2)14(19)18-7-3-6-17(8-9-18)13-5-4-12(15)10-16-13/h4-5,10-11H,3,6-9H2,1-2H3. The lowest BCUT2D eigenvalue weighted by atomic mass is 10.2. The molecule has 1 aromatic rings. The largest absolute Gasteiger partial charge is 0.355 e. The van der Waals surface area contributed by atoms with E-state index in [0.29, 0.717) is 0 Å². The summed E-state index contributed by atoms with van der Waals surface area (Å²) in [5.41, 5.74) is 0. The van der Waals surface area contributed by atoms with E-state index in [9.17, 15) is 4.79 Å². The molecular weight excluding hydrogens is 306 g/mol. The van der Waals surface area contributed by atoms with E-state index in [1.54, 1.807) is 0 Å². The van der Waals surface area contributed by atoms with Crippen LogP contribution in [0.3, 0.4) is 0 Å². The summed E-state index contributed by atoms with van der Waals surface area (Å²) in [6.07, 6.45) is 2.81. The Labute approximate surface area is 122 Å². The molecule has 1 amide bonds. The minimum absolute atomic E-state index is 0.0809. The molecule has 1 aliphatic heterocycles. The van der Waals surface area contributed by atoms with Gasteiger partial charge in [0.1, 0.15) is 5.82 Å². The average Bonchev–Trinajstić information content (AvgIpc) is 2.64. The molecule has 0 radical (unpaired) electrons. The second-order valence-corrected chi connectivity index (χ2v) is 6.07. The molecule has 1 aliphatic rings. The quantitative estimate of drug-likeness (QED) is 0.838. The first-order valence-electron chi connectivity index (χ1n) is 6.73. The molecule has 0 aromatic carbocycles. The van der Waals surface area contributed by atoms with E-state index in [1.165, 1.54) is 0 Å². The molecule has 0 atom stereocenters. The van der Waals surface area contributed by atoms with Gasteiger partial charge in [0, 0.05) is 42.8 Å². The Morgan fingerprint density at radius 1 is 1.26 bits per heavy atom. The minimum Gasteiger partial charge on any atom is -0.355 e. The van der Waals surface area contributed by atoms with Crippen LogP contribution in [0.4, 0.5) is 5.82 Å². The molecule has 0 bridgehead atoms. The van der Waals surface area contributed by atoms with Crippen LogP contribution >= 0.6 is 15.9 Å². The summed E-state index contributed by atoms with van der Waals surface area (Å²) in [6.45, 7) is 7.37. The number of amides is 1. The van der Waals surface area contributed by atoms with E-state index in [1.807, 2.05) is 37.1 Å². The maximum absolute atomic E-state index is 12.0. The highest BCUT2D eigenvalue weighted by molar-refractivity contribution is 9.10. The summed E-state index contributed by atoms with van der Waals surface area (Å²) in [5.74, 6) is 1.32. The first-order chi connectivity index (χ1) is 9.08. The summed E-state index contributed by atoms with van der Waals surface area (Å²) in [5, 5.41) is 0. The van der Waals surface area contributed by atoms with Crippen molar-refractivity contribution in [1.29, 1.82) is 0 Å². The number of hydrogen-bond acceptors (Lipinski definition) is 3. The fraction of sp³-hybridized carbons (Fsp3) is 0.571. The third-order valence-corrected chi connectivity index (χ3v) is 3.81. The Kier molecular flexibility index (Phi) is 4.80. The van der Waals surface area contributed by atoms with Crippen LogP contribution in [0.15, 0.2) is 22.8 Å². The van der Waals surface area contributed by atoms with Gasteiger partial charge in [0.05, 0.1) is 0 Å². The van der Waals surface area contributed by atoms with Gasteiger partial charge in [0.15, 0.2) is 0 Å². The average molecular weight is 326 g/mol. The highest BCUT2D eigenvalue weighted by atomic mass is 79.9. The van der Waals surface area contributed by atoms with E-state index in [4.69, 9.17) is 0 Å². The van der Waals surface area contributed by atoms with Crippen molar-refractivity contribution >= 4 is 27.7 Å². The van der Waals surface area contributed by atoms with E-state index < -0.39 is 0 Å². The molecule has 0 unspecified atom stereocenters. The van der Waals surface area contributed by atoms with Crippen molar-refractivity contribution in [2.75, 3.05) is 31.1 Å². The van der Waals surface area contributed by atoms with Crippen LogP contribution in [0.1, 0.15) is 20.3 Å². The molecule has 1 fully saturated rings. The van der Waals surface area contributed by atoms with Crippen molar-refractivity contribution < 1.29 is 4.79 Å². The zero-order chi connectivity index (χ0) is 13.8. The molecule has 19 heavy (non-hydrogen) atoms. The number of halogens is 1. The number of nitrogens with zero attached hydrogens (tertiary/aromatic N) is 3. The third-order valence-electron chi connectivity index (χ3n) is 3.34. The van der Waals surface area contributed by atoms with Crippen molar-refractivity contribution in [3.63, 3.8) is 0 Å². The fourth-order valence-electron chi connectivity index (χ4n) is 2.29. The molecule has 4 nitrogen and oxygen atoms in total. The molecule has 1 saturated heterocycles. The minimum atomic E-state index is 0.0809. The Morgan fingerprint density at radius 2 is 2.05 bits per heavy atom. The number of aromatic nitrogens is 1. The third kappa shape index (κ3) is 3.69. The van der Waals surface area contributed by atoms with E-state index >= 15 is 0 Å². The zero-order valence-corrected chi connectivity index (χ0v) is 13.1. The van der Waals surface area contributed by atoms with Crippen molar-refractivity contribution in [2.45, 2.75) is 20.3 Å². The number of carbonyl (C=O) groups is 1. The van der Waals surface area contributed by atoms with Gasteiger partial charge in [0.2, 0.25) is 5.91 Å². The van der Waals surface area contributed by atoms with Gasteiger partial charge < -0.3 is 9.80 Å². The van der Waals surface area contributed by atoms with Crippen LogP contribution in [-0.4, -0.2) is 42.0 Å². The number of hydrogen-bond donors (Lipinski definition) is 0. The van der Waals surface area contributed by atoms with Gasteiger partial charge in [-0.15, -0.1) is 0 Å². The molecule has 0 aliphatic carbocycles. The van der Waals surface area contributed by atoms with Gasteiger partial charge in [-0.25, -0.2) is 4.98 Å². The predicted octanol–water partition coefficient (Wildman–Crippen LogP) is 2.54. The monoisotopic (exact) mass is 325 g/mol. The molecule has 0 N–H and O–H groups in total. The summed E-state index contributed by atoms with van der Waals surface area (Å²) < 4.78 is 0.989. The predicted molar refractivity (Wildman–Crippen MR) is 80.2 cm³/mol. The maximum Gasteiger partial charge on any atom is 0.225 e.